The van der Waals surface area contributed by atoms with Gasteiger partial charge in [0, 0.05) is 24.2 Å². The minimum absolute atomic E-state index is 0.360. The van der Waals surface area contributed by atoms with Crippen molar-refractivity contribution in [1.82, 2.24) is 19.9 Å². The van der Waals surface area contributed by atoms with Crippen LogP contribution in [-0.2, 0) is 6.54 Å². The molecule has 1 N–H and O–H groups in total. The monoisotopic (exact) mass is 306 g/mol. The van der Waals surface area contributed by atoms with Gasteiger partial charge in [0.15, 0.2) is 0 Å². The van der Waals surface area contributed by atoms with Gasteiger partial charge in [-0.25, -0.2) is 9.48 Å². The number of aryl methyl sites for hydroxylation is 1. The summed E-state index contributed by atoms with van der Waals surface area (Å²) in [6.45, 7) is 4.77. The molecular weight excluding hydrogens is 288 g/mol. The number of rotatable bonds is 4. The van der Waals surface area contributed by atoms with Crippen molar-refractivity contribution >= 4 is 17.3 Å². The Morgan fingerprint density at radius 2 is 2.43 bits per heavy atom. The summed E-state index contributed by atoms with van der Waals surface area (Å²) in [5, 5.41) is 17.0. The molecule has 21 heavy (non-hydrogen) atoms. The van der Waals surface area contributed by atoms with Gasteiger partial charge < -0.3 is 5.11 Å². The molecular formula is C14H18N4O2S. The molecule has 1 fully saturated rings. The smallest absolute Gasteiger partial charge is 0.345 e. The Hall–Kier alpha value is -1.73. The van der Waals surface area contributed by atoms with Crippen molar-refractivity contribution in [3.05, 3.63) is 33.8 Å². The normalized spacial score (nSPS) is 19.8. The summed E-state index contributed by atoms with van der Waals surface area (Å²) in [6.07, 6.45) is 5.86. The van der Waals surface area contributed by atoms with E-state index >= 15 is 0 Å². The Balaban J connectivity index is 1.68. The SMILES string of the molecule is Cc1sc(C(=O)O)cc1CN1CCCC(n2ccnn2)C1. The Morgan fingerprint density at radius 3 is 3.10 bits per heavy atom. The quantitative estimate of drug-likeness (QED) is 0.937. The Labute approximate surface area is 127 Å². The van der Waals surface area contributed by atoms with Crippen LogP contribution < -0.4 is 0 Å². The molecule has 1 unspecified atom stereocenters. The van der Waals surface area contributed by atoms with Crippen LogP contribution in [0.5, 0.6) is 0 Å². The third-order valence-electron chi connectivity index (χ3n) is 3.92. The molecule has 3 rings (SSSR count). The number of aromatic carboxylic acids is 1. The van der Waals surface area contributed by atoms with Gasteiger partial charge in [0.1, 0.15) is 4.88 Å². The molecule has 1 aliphatic rings. The predicted octanol–water partition coefficient (Wildman–Crippen LogP) is 2.18. The summed E-state index contributed by atoms with van der Waals surface area (Å²) < 4.78 is 1.93. The van der Waals surface area contributed by atoms with Crippen molar-refractivity contribution in [3.8, 4) is 0 Å². The number of piperidine rings is 1. The van der Waals surface area contributed by atoms with Crippen molar-refractivity contribution < 1.29 is 9.90 Å². The van der Waals surface area contributed by atoms with Crippen molar-refractivity contribution in [2.45, 2.75) is 32.4 Å². The highest BCUT2D eigenvalue weighted by Gasteiger charge is 2.23. The predicted molar refractivity (Wildman–Crippen MR) is 79.6 cm³/mol. The summed E-state index contributed by atoms with van der Waals surface area (Å²) in [7, 11) is 0. The van der Waals surface area contributed by atoms with E-state index in [1.54, 1.807) is 12.3 Å². The second-order valence-corrected chi connectivity index (χ2v) is 6.67. The number of hydrogen-bond acceptors (Lipinski definition) is 5. The average Bonchev–Trinajstić information content (AvgIpc) is 3.10. The highest BCUT2D eigenvalue weighted by molar-refractivity contribution is 7.14. The minimum atomic E-state index is -0.839. The maximum Gasteiger partial charge on any atom is 0.345 e. The summed E-state index contributed by atoms with van der Waals surface area (Å²) in [6, 6.07) is 2.17. The minimum Gasteiger partial charge on any atom is -0.477 e. The fraction of sp³-hybridized carbons (Fsp3) is 0.500. The molecule has 0 bridgehead atoms. The summed E-state index contributed by atoms with van der Waals surface area (Å²) in [4.78, 5) is 14.9. The zero-order chi connectivity index (χ0) is 14.8. The first-order chi connectivity index (χ1) is 10.1. The number of carbonyl (C=O) groups is 1. The average molecular weight is 306 g/mol. The summed E-state index contributed by atoms with van der Waals surface area (Å²) in [5.74, 6) is -0.839. The van der Waals surface area contributed by atoms with Crippen LogP contribution in [0.3, 0.4) is 0 Å². The van der Waals surface area contributed by atoms with Crippen molar-refractivity contribution in [3.63, 3.8) is 0 Å². The van der Waals surface area contributed by atoms with Crippen LogP contribution in [0.4, 0.5) is 0 Å². The Bertz CT molecular complexity index is 623. The number of thiophene rings is 1. The van der Waals surface area contributed by atoms with E-state index < -0.39 is 5.97 Å². The second kappa shape index (κ2) is 5.95. The van der Waals surface area contributed by atoms with Crippen molar-refractivity contribution in [2.24, 2.45) is 0 Å². The molecule has 1 atom stereocenters. The molecule has 112 valence electrons. The summed E-state index contributed by atoms with van der Waals surface area (Å²) >= 11 is 1.36. The lowest BCUT2D eigenvalue weighted by atomic mass is 10.1. The van der Waals surface area contributed by atoms with Crippen LogP contribution in [0.1, 0.15) is 39.0 Å². The third kappa shape index (κ3) is 3.14. The largest absolute Gasteiger partial charge is 0.477 e. The van der Waals surface area contributed by atoms with E-state index in [1.807, 2.05) is 17.8 Å². The molecule has 0 aliphatic carbocycles. The van der Waals surface area contributed by atoms with E-state index in [0.29, 0.717) is 10.9 Å². The molecule has 0 spiro atoms. The zero-order valence-electron chi connectivity index (χ0n) is 11.9. The van der Waals surface area contributed by atoms with Crippen LogP contribution >= 0.6 is 11.3 Å². The maximum atomic E-state index is 11.0. The lowest BCUT2D eigenvalue weighted by molar-refractivity contribution is 0.0702. The molecule has 2 aromatic heterocycles. The van der Waals surface area contributed by atoms with Gasteiger partial charge in [0.05, 0.1) is 12.2 Å². The van der Waals surface area contributed by atoms with Gasteiger partial charge in [-0.3, -0.25) is 4.90 Å². The van der Waals surface area contributed by atoms with Crippen LogP contribution in [-0.4, -0.2) is 44.1 Å². The maximum absolute atomic E-state index is 11.0. The third-order valence-corrected chi connectivity index (χ3v) is 5.00. The zero-order valence-corrected chi connectivity index (χ0v) is 12.7. The first-order valence-corrected chi connectivity index (χ1v) is 7.86. The molecule has 0 saturated carbocycles. The molecule has 1 aliphatic heterocycles. The molecule has 0 amide bonds. The number of nitrogens with zero attached hydrogens (tertiary/aromatic N) is 4. The lowest BCUT2D eigenvalue weighted by Crippen LogP contribution is -2.36. The van der Waals surface area contributed by atoms with E-state index in [4.69, 9.17) is 5.11 Å². The van der Waals surface area contributed by atoms with Crippen LogP contribution in [0.15, 0.2) is 18.5 Å². The van der Waals surface area contributed by atoms with Gasteiger partial charge in [-0.2, -0.15) is 0 Å². The lowest BCUT2D eigenvalue weighted by Gasteiger charge is -2.32. The molecule has 0 aromatic carbocycles. The summed E-state index contributed by atoms with van der Waals surface area (Å²) in [5.41, 5.74) is 1.12. The number of aromatic nitrogens is 3. The fourth-order valence-corrected chi connectivity index (χ4v) is 3.70. The molecule has 2 aromatic rings. The van der Waals surface area contributed by atoms with Crippen LogP contribution in [0.25, 0.3) is 0 Å². The molecule has 1 saturated heterocycles. The van der Waals surface area contributed by atoms with E-state index in [9.17, 15) is 4.79 Å². The molecule has 7 heteroatoms. The van der Waals surface area contributed by atoms with Gasteiger partial charge in [-0.1, -0.05) is 5.21 Å². The Kier molecular flexibility index (Phi) is 4.03. The first-order valence-electron chi connectivity index (χ1n) is 7.04. The number of hydrogen-bond donors (Lipinski definition) is 1. The van der Waals surface area contributed by atoms with Crippen molar-refractivity contribution in [2.75, 3.05) is 13.1 Å². The van der Waals surface area contributed by atoms with E-state index in [0.717, 1.165) is 42.9 Å². The number of carboxylic acid groups (broad SMARTS) is 1. The van der Waals surface area contributed by atoms with Gasteiger partial charge in [0.25, 0.3) is 0 Å². The van der Waals surface area contributed by atoms with Crippen LogP contribution in [0, 0.1) is 6.92 Å². The fourth-order valence-electron chi connectivity index (χ4n) is 2.83. The standard InChI is InChI=1S/C14H18N4O2S/c1-10-11(7-13(21-10)14(19)20)8-17-5-2-3-12(9-17)18-6-4-15-16-18/h4,6-7,12H,2-3,5,8-9H2,1H3,(H,19,20). The van der Waals surface area contributed by atoms with E-state index in [-0.39, 0.29) is 0 Å². The highest BCUT2D eigenvalue weighted by Crippen LogP contribution is 2.26. The molecule has 6 nitrogen and oxygen atoms in total. The van der Waals surface area contributed by atoms with E-state index in [2.05, 4.69) is 15.2 Å². The number of carboxylic acids is 1. The van der Waals surface area contributed by atoms with Gasteiger partial charge in [-0.15, -0.1) is 16.4 Å². The van der Waals surface area contributed by atoms with Gasteiger partial charge in [-0.05, 0) is 37.9 Å². The van der Waals surface area contributed by atoms with Gasteiger partial charge in [0.2, 0.25) is 0 Å². The highest BCUT2D eigenvalue weighted by atomic mass is 32.1. The molecule has 0 radical (unpaired) electrons. The topological polar surface area (TPSA) is 71.2 Å². The number of likely N-dealkylation sites (tertiary alicyclic amines) is 1. The Morgan fingerprint density at radius 1 is 1.57 bits per heavy atom. The van der Waals surface area contributed by atoms with Crippen LogP contribution in [0.2, 0.25) is 0 Å². The second-order valence-electron chi connectivity index (χ2n) is 5.41. The van der Waals surface area contributed by atoms with E-state index in [1.165, 1.54) is 11.3 Å². The first kappa shape index (κ1) is 14.2. The van der Waals surface area contributed by atoms with Crippen molar-refractivity contribution in [1.29, 1.82) is 0 Å². The molecule has 3 heterocycles. The van der Waals surface area contributed by atoms with Gasteiger partial charge >= 0.3 is 5.97 Å².